The fraction of sp³-hybridized carbons (Fsp3) is 0.529. The molecule has 2 unspecified atom stereocenters. The number of rotatable bonds is 4. The van der Waals surface area contributed by atoms with Crippen molar-refractivity contribution in [3.8, 4) is 10.8 Å². The van der Waals surface area contributed by atoms with Gasteiger partial charge in [-0.05, 0) is 44.7 Å². The molecule has 5 nitrogen and oxygen atoms in total. The summed E-state index contributed by atoms with van der Waals surface area (Å²) in [5, 5.41) is 9.56. The van der Waals surface area contributed by atoms with Crippen molar-refractivity contribution in [3.05, 3.63) is 29.0 Å². The highest BCUT2D eigenvalue weighted by Crippen LogP contribution is 2.27. The highest BCUT2D eigenvalue weighted by Gasteiger charge is 2.33. The first-order valence-corrected chi connectivity index (χ1v) is 9.10. The van der Waals surface area contributed by atoms with Crippen LogP contribution >= 0.6 is 36.2 Å². The van der Waals surface area contributed by atoms with Crippen LogP contribution in [0.15, 0.2) is 21.9 Å². The molecule has 1 amide bonds. The highest BCUT2D eigenvalue weighted by atomic mass is 35.5. The number of nitrogens with one attached hydrogen (secondary N) is 2. The number of piperidine rings is 1. The lowest BCUT2D eigenvalue weighted by atomic mass is 9.99. The van der Waals surface area contributed by atoms with E-state index in [1.54, 1.807) is 0 Å². The lowest BCUT2D eigenvalue weighted by Crippen LogP contribution is -2.48. The lowest BCUT2D eigenvalue weighted by Gasteiger charge is -2.29. The summed E-state index contributed by atoms with van der Waals surface area (Å²) in [5.74, 6) is 1.72. The molecule has 2 bridgehead atoms. The average Bonchev–Trinajstić information content (AvgIpc) is 3.20. The second-order valence-corrected chi connectivity index (χ2v) is 7.46. The largest absolute Gasteiger partial charge is 0.459 e. The van der Waals surface area contributed by atoms with Gasteiger partial charge >= 0.3 is 0 Å². The van der Waals surface area contributed by atoms with Crippen LogP contribution in [0.1, 0.15) is 37.1 Å². The summed E-state index contributed by atoms with van der Waals surface area (Å²) in [6, 6.07) is 5.34. The molecule has 25 heavy (non-hydrogen) atoms. The number of hydrogen-bond donors (Lipinski definition) is 2. The van der Waals surface area contributed by atoms with E-state index in [4.69, 9.17) is 4.42 Å². The maximum absolute atomic E-state index is 12.3. The Morgan fingerprint density at radius 1 is 1.32 bits per heavy atom. The third-order valence-electron chi connectivity index (χ3n) is 4.68. The summed E-state index contributed by atoms with van der Waals surface area (Å²) in [6.07, 6.45) is 4.94. The zero-order valence-electron chi connectivity index (χ0n) is 14.0. The fourth-order valence-corrected chi connectivity index (χ4v) is 4.45. The van der Waals surface area contributed by atoms with Gasteiger partial charge in [0.2, 0.25) is 5.91 Å². The lowest BCUT2D eigenvalue weighted by molar-refractivity contribution is -0.121. The van der Waals surface area contributed by atoms with Gasteiger partial charge in [0, 0.05) is 23.5 Å². The van der Waals surface area contributed by atoms with Gasteiger partial charge in [-0.1, -0.05) is 0 Å². The minimum absolute atomic E-state index is 0. The van der Waals surface area contributed by atoms with Crippen molar-refractivity contribution in [2.45, 2.75) is 57.2 Å². The first-order chi connectivity index (χ1) is 11.2. The van der Waals surface area contributed by atoms with Crippen molar-refractivity contribution in [2.24, 2.45) is 0 Å². The number of amides is 1. The number of fused-ring (bicyclic) bond motifs is 2. The number of hydrogen-bond acceptors (Lipinski definition) is 5. The molecule has 2 saturated heterocycles. The first-order valence-electron chi connectivity index (χ1n) is 8.22. The number of aryl methyl sites for hydroxylation is 1. The second-order valence-electron chi connectivity index (χ2n) is 6.60. The topological polar surface area (TPSA) is 67.2 Å². The van der Waals surface area contributed by atoms with Crippen LogP contribution in [0.2, 0.25) is 0 Å². The molecule has 0 aromatic carbocycles. The molecule has 4 rings (SSSR count). The summed E-state index contributed by atoms with van der Waals surface area (Å²) < 4.78 is 5.58. The number of furan rings is 1. The van der Waals surface area contributed by atoms with Gasteiger partial charge in [-0.15, -0.1) is 36.2 Å². The number of carbonyl (C=O) groups excluding carboxylic acids is 1. The quantitative estimate of drug-likeness (QED) is 0.819. The van der Waals surface area contributed by atoms with E-state index in [1.165, 1.54) is 24.2 Å². The summed E-state index contributed by atoms with van der Waals surface area (Å²) in [6.45, 7) is 1.91. The normalized spacial score (nSPS) is 24.3. The number of aromatic nitrogens is 1. The van der Waals surface area contributed by atoms with Crippen LogP contribution in [-0.2, 0) is 11.2 Å². The molecule has 0 radical (unpaired) electrons. The zero-order chi connectivity index (χ0) is 15.8. The van der Waals surface area contributed by atoms with Crippen LogP contribution in [-0.4, -0.2) is 29.0 Å². The van der Waals surface area contributed by atoms with E-state index in [2.05, 4.69) is 15.6 Å². The maximum atomic E-state index is 12.3. The molecule has 0 spiro atoms. The van der Waals surface area contributed by atoms with Crippen molar-refractivity contribution in [2.75, 3.05) is 0 Å². The third-order valence-corrected chi connectivity index (χ3v) is 5.59. The molecule has 2 aliphatic heterocycles. The molecule has 0 saturated carbocycles. The van der Waals surface area contributed by atoms with Gasteiger partial charge in [0.15, 0.2) is 10.8 Å². The highest BCUT2D eigenvalue weighted by molar-refractivity contribution is 7.13. The minimum Gasteiger partial charge on any atom is -0.459 e. The SMILES string of the molecule is Cc1ccc(-c2nc(CC(=O)NC3CC4CCC(C3)N4)cs2)o1.Cl.Cl. The van der Waals surface area contributed by atoms with Crippen molar-refractivity contribution in [3.63, 3.8) is 0 Å². The van der Waals surface area contributed by atoms with Gasteiger partial charge in [-0.3, -0.25) is 4.79 Å². The average molecular weight is 404 g/mol. The summed E-state index contributed by atoms with van der Waals surface area (Å²) in [5.41, 5.74) is 0.813. The van der Waals surface area contributed by atoms with Crippen molar-refractivity contribution >= 4 is 42.1 Å². The second kappa shape index (κ2) is 8.54. The molecule has 8 heteroatoms. The van der Waals surface area contributed by atoms with Gasteiger partial charge in [0.05, 0.1) is 12.1 Å². The third kappa shape index (κ3) is 4.76. The van der Waals surface area contributed by atoms with Gasteiger partial charge in [0.1, 0.15) is 5.76 Å². The summed E-state index contributed by atoms with van der Waals surface area (Å²) in [4.78, 5) is 16.8. The Bertz CT molecular complexity index is 706. The van der Waals surface area contributed by atoms with Crippen LogP contribution < -0.4 is 10.6 Å². The Hall–Kier alpha value is -1.08. The Balaban J connectivity index is 0.00000113. The van der Waals surface area contributed by atoms with Crippen LogP contribution in [0, 0.1) is 6.92 Å². The molecule has 2 aromatic heterocycles. The van der Waals surface area contributed by atoms with Gasteiger partial charge < -0.3 is 15.1 Å². The first kappa shape index (κ1) is 20.2. The molecule has 0 aliphatic carbocycles. The van der Waals surface area contributed by atoms with Crippen LogP contribution in [0.4, 0.5) is 0 Å². The van der Waals surface area contributed by atoms with Gasteiger partial charge in [-0.2, -0.15) is 0 Å². The van der Waals surface area contributed by atoms with Crippen molar-refractivity contribution < 1.29 is 9.21 Å². The fourth-order valence-electron chi connectivity index (χ4n) is 3.67. The monoisotopic (exact) mass is 403 g/mol. The van der Waals surface area contributed by atoms with Gasteiger partial charge in [-0.25, -0.2) is 4.98 Å². The molecule has 138 valence electrons. The van der Waals surface area contributed by atoms with E-state index in [1.807, 2.05) is 24.4 Å². The van der Waals surface area contributed by atoms with Crippen molar-refractivity contribution in [1.82, 2.24) is 15.6 Å². The van der Waals surface area contributed by atoms with Crippen LogP contribution in [0.25, 0.3) is 10.8 Å². The van der Waals surface area contributed by atoms with E-state index in [0.717, 1.165) is 35.1 Å². The van der Waals surface area contributed by atoms with E-state index < -0.39 is 0 Å². The Morgan fingerprint density at radius 3 is 2.68 bits per heavy atom. The zero-order valence-corrected chi connectivity index (χ0v) is 16.4. The molecule has 2 fully saturated rings. The maximum Gasteiger partial charge on any atom is 0.226 e. The van der Waals surface area contributed by atoms with E-state index in [0.29, 0.717) is 24.5 Å². The number of nitrogens with zero attached hydrogens (tertiary/aromatic N) is 1. The predicted molar refractivity (Wildman–Crippen MR) is 104 cm³/mol. The predicted octanol–water partition coefficient (Wildman–Crippen LogP) is 3.50. The van der Waals surface area contributed by atoms with Crippen molar-refractivity contribution in [1.29, 1.82) is 0 Å². The van der Waals surface area contributed by atoms with Crippen LogP contribution in [0.5, 0.6) is 0 Å². The van der Waals surface area contributed by atoms with E-state index in [9.17, 15) is 4.79 Å². The molecule has 2 N–H and O–H groups in total. The van der Waals surface area contributed by atoms with Crippen LogP contribution in [0.3, 0.4) is 0 Å². The standard InChI is InChI=1S/C17H21N3O2S.2ClH/c1-10-2-5-15(22-10)17-20-14(9-23-17)8-16(21)19-13-6-11-3-4-12(7-13)18-11;;/h2,5,9,11-13,18H,3-4,6-8H2,1H3,(H,19,21);2*1H. The number of halogens is 2. The Kier molecular flexibility index (Phi) is 6.91. The Labute approximate surface area is 163 Å². The summed E-state index contributed by atoms with van der Waals surface area (Å²) in [7, 11) is 0. The minimum atomic E-state index is 0. The summed E-state index contributed by atoms with van der Waals surface area (Å²) >= 11 is 1.52. The molecular weight excluding hydrogens is 381 g/mol. The molecular formula is C17H23Cl2N3O2S. The van der Waals surface area contributed by atoms with E-state index in [-0.39, 0.29) is 30.7 Å². The van der Waals surface area contributed by atoms with Gasteiger partial charge in [0.25, 0.3) is 0 Å². The molecule has 2 aromatic rings. The Morgan fingerprint density at radius 2 is 2.04 bits per heavy atom. The molecule has 2 aliphatic rings. The smallest absolute Gasteiger partial charge is 0.226 e. The number of thiazole rings is 1. The molecule has 2 atom stereocenters. The van der Waals surface area contributed by atoms with E-state index >= 15 is 0 Å². The number of carbonyl (C=O) groups is 1. The molecule has 4 heterocycles.